The van der Waals surface area contributed by atoms with E-state index in [1.807, 2.05) is 62.4 Å². The molecule has 0 amide bonds. The summed E-state index contributed by atoms with van der Waals surface area (Å²) in [6.07, 6.45) is 0.674. The van der Waals surface area contributed by atoms with Gasteiger partial charge in [-0.05, 0) is 43.2 Å². The number of aromatic hydroxyl groups is 1. The van der Waals surface area contributed by atoms with Gasteiger partial charge in [0.25, 0.3) is 0 Å². The molecule has 3 aromatic rings. The summed E-state index contributed by atoms with van der Waals surface area (Å²) in [5.74, 6) is 1.04. The van der Waals surface area contributed by atoms with Crippen molar-refractivity contribution in [3.05, 3.63) is 59.8 Å². The molecule has 0 bridgehead atoms. The van der Waals surface area contributed by atoms with Crippen LogP contribution in [0.2, 0.25) is 0 Å². The van der Waals surface area contributed by atoms with Crippen molar-refractivity contribution in [2.24, 2.45) is 0 Å². The SMILES string of the molecule is CCc1nn(-c2ccc(OC)cc2)c(-c2ccccc2C)c1O. The molecule has 4 nitrogen and oxygen atoms in total. The number of nitrogens with zero attached hydrogens (tertiary/aromatic N) is 2. The van der Waals surface area contributed by atoms with Crippen molar-refractivity contribution in [2.45, 2.75) is 20.3 Å². The second-order valence-corrected chi connectivity index (χ2v) is 5.42. The summed E-state index contributed by atoms with van der Waals surface area (Å²) in [4.78, 5) is 0. The highest BCUT2D eigenvalue weighted by Gasteiger charge is 2.20. The van der Waals surface area contributed by atoms with Crippen LogP contribution in [-0.2, 0) is 6.42 Å². The van der Waals surface area contributed by atoms with Gasteiger partial charge in [-0.3, -0.25) is 0 Å². The maximum Gasteiger partial charge on any atom is 0.165 e. The van der Waals surface area contributed by atoms with Gasteiger partial charge in [-0.1, -0.05) is 31.2 Å². The molecule has 0 aliphatic heterocycles. The third-order valence-corrected chi connectivity index (χ3v) is 3.98. The van der Waals surface area contributed by atoms with E-state index >= 15 is 0 Å². The van der Waals surface area contributed by atoms with E-state index in [0.29, 0.717) is 12.1 Å². The molecule has 1 aromatic heterocycles. The maximum atomic E-state index is 10.6. The number of hydrogen-bond donors (Lipinski definition) is 1. The molecule has 0 spiro atoms. The highest BCUT2D eigenvalue weighted by Crippen LogP contribution is 2.36. The van der Waals surface area contributed by atoms with Gasteiger partial charge in [0.15, 0.2) is 5.75 Å². The van der Waals surface area contributed by atoms with Gasteiger partial charge in [0.2, 0.25) is 0 Å². The first-order valence-electron chi connectivity index (χ1n) is 7.67. The monoisotopic (exact) mass is 308 g/mol. The Bertz CT molecular complexity index is 820. The molecule has 3 rings (SSSR count). The van der Waals surface area contributed by atoms with Crippen LogP contribution < -0.4 is 4.74 Å². The Morgan fingerprint density at radius 3 is 2.39 bits per heavy atom. The lowest BCUT2D eigenvalue weighted by Crippen LogP contribution is -2.00. The van der Waals surface area contributed by atoms with Crippen LogP contribution in [0.5, 0.6) is 11.5 Å². The Kier molecular flexibility index (Phi) is 4.06. The Balaban J connectivity index is 2.22. The van der Waals surface area contributed by atoms with E-state index in [2.05, 4.69) is 5.10 Å². The van der Waals surface area contributed by atoms with Crippen molar-refractivity contribution in [1.82, 2.24) is 9.78 Å². The first kappa shape index (κ1) is 15.2. The van der Waals surface area contributed by atoms with E-state index in [0.717, 1.165) is 28.3 Å². The molecule has 0 saturated carbocycles. The van der Waals surface area contributed by atoms with E-state index in [4.69, 9.17) is 4.74 Å². The summed E-state index contributed by atoms with van der Waals surface area (Å²) in [5, 5.41) is 15.2. The molecule has 0 unspecified atom stereocenters. The van der Waals surface area contributed by atoms with Gasteiger partial charge >= 0.3 is 0 Å². The van der Waals surface area contributed by atoms with Crippen LogP contribution in [0.15, 0.2) is 48.5 Å². The van der Waals surface area contributed by atoms with Crippen LogP contribution in [-0.4, -0.2) is 22.0 Å². The number of ether oxygens (including phenoxy) is 1. The predicted octanol–water partition coefficient (Wildman–Crippen LogP) is 4.12. The lowest BCUT2D eigenvalue weighted by Gasteiger charge is -2.10. The van der Waals surface area contributed by atoms with Crippen molar-refractivity contribution in [2.75, 3.05) is 7.11 Å². The zero-order chi connectivity index (χ0) is 16.4. The van der Waals surface area contributed by atoms with Crippen LogP contribution >= 0.6 is 0 Å². The molecule has 0 saturated heterocycles. The number of benzene rings is 2. The number of rotatable bonds is 4. The van der Waals surface area contributed by atoms with Crippen molar-refractivity contribution >= 4 is 0 Å². The number of methoxy groups -OCH3 is 1. The van der Waals surface area contributed by atoms with E-state index in [1.54, 1.807) is 11.8 Å². The molecular formula is C19H20N2O2. The average Bonchev–Trinajstić information content (AvgIpc) is 2.92. The smallest absolute Gasteiger partial charge is 0.165 e. The van der Waals surface area contributed by atoms with Crippen molar-refractivity contribution in [3.63, 3.8) is 0 Å². The van der Waals surface area contributed by atoms with Crippen LogP contribution in [0.4, 0.5) is 0 Å². The maximum absolute atomic E-state index is 10.6. The van der Waals surface area contributed by atoms with Gasteiger partial charge in [0.1, 0.15) is 17.1 Å². The molecule has 0 fully saturated rings. The summed E-state index contributed by atoms with van der Waals surface area (Å²) in [6.45, 7) is 4.02. The quantitative estimate of drug-likeness (QED) is 0.788. The molecule has 1 heterocycles. The van der Waals surface area contributed by atoms with Gasteiger partial charge in [0, 0.05) is 5.56 Å². The minimum Gasteiger partial charge on any atom is -0.504 e. The second kappa shape index (κ2) is 6.16. The van der Waals surface area contributed by atoms with Crippen LogP contribution in [0.3, 0.4) is 0 Å². The summed E-state index contributed by atoms with van der Waals surface area (Å²) < 4.78 is 7.01. The standard InChI is InChI=1S/C19H20N2O2/c1-4-17-19(22)18(16-8-6-5-7-13(16)2)21(20-17)14-9-11-15(23-3)12-10-14/h5-12,22H,4H2,1-3H3. The summed E-state index contributed by atoms with van der Waals surface area (Å²) in [6, 6.07) is 15.7. The van der Waals surface area contributed by atoms with E-state index in [9.17, 15) is 5.11 Å². The molecule has 23 heavy (non-hydrogen) atoms. The highest BCUT2D eigenvalue weighted by molar-refractivity contribution is 5.72. The van der Waals surface area contributed by atoms with Crippen LogP contribution in [0, 0.1) is 6.92 Å². The molecule has 4 heteroatoms. The molecule has 0 radical (unpaired) electrons. The molecule has 118 valence electrons. The second-order valence-electron chi connectivity index (χ2n) is 5.42. The Morgan fingerprint density at radius 1 is 1.09 bits per heavy atom. The van der Waals surface area contributed by atoms with Crippen molar-refractivity contribution in [1.29, 1.82) is 0 Å². The number of hydrogen-bond acceptors (Lipinski definition) is 3. The molecule has 0 aliphatic carbocycles. The Morgan fingerprint density at radius 2 is 1.78 bits per heavy atom. The fourth-order valence-corrected chi connectivity index (χ4v) is 2.68. The van der Waals surface area contributed by atoms with Gasteiger partial charge in [-0.25, -0.2) is 4.68 Å². The Hall–Kier alpha value is -2.75. The molecule has 0 aliphatic rings. The largest absolute Gasteiger partial charge is 0.504 e. The average molecular weight is 308 g/mol. The summed E-state index contributed by atoms with van der Waals surface area (Å²) in [5.41, 5.74) is 4.39. The third-order valence-electron chi connectivity index (χ3n) is 3.98. The summed E-state index contributed by atoms with van der Waals surface area (Å²) >= 11 is 0. The van der Waals surface area contributed by atoms with Crippen LogP contribution in [0.25, 0.3) is 16.9 Å². The third kappa shape index (κ3) is 2.68. The topological polar surface area (TPSA) is 47.3 Å². The van der Waals surface area contributed by atoms with Crippen molar-refractivity contribution < 1.29 is 9.84 Å². The lowest BCUT2D eigenvalue weighted by molar-refractivity contribution is 0.414. The lowest BCUT2D eigenvalue weighted by atomic mass is 10.0. The normalized spacial score (nSPS) is 10.7. The Labute approximate surface area is 136 Å². The summed E-state index contributed by atoms with van der Waals surface area (Å²) in [7, 11) is 1.64. The number of aryl methyl sites for hydroxylation is 2. The first-order valence-corrected chi connectivity index (χ1v) is 7.67. The minimum absolute atomic E-state index is 0.248. The predicted molar refractivity (Wildman–Crippen MR) is 91.3 cm³/mol. The molecule has 0 atom stereocenters. The minimum atomic E-state index is 0.248. The van der Waals surface area contributed by atoms with Crippen molar-refractivity contribution in [3.8, 4) is 28.4 Å². The van der Waals surface area contributed by atoms with Gasteiger partial charge in [-0.2, -0.15) is 5.10 Å². The van der Waals surface area contributed by atoms with E-state index < -0.39 is 0 Å². The van der Waals surface area contributed by atoms with E-state index in [-0.39, 0.29) is 5.75 Å². The molecule has 1 N–H and O–H groups in total. The molecule has 2 aromatic carbocycles. The number of aromatic nitrogens is 2. The highest BCUT2D eigenvalue weighted by atomic mass is 16.5. The van der Waals surface area contributed by atoms with Crippen LogP contribution in [0.1, 0.15) is 18.2 Å². The zero-order valence-corrected chi connectivity index (χ0v) is 13.6. The van der Waals surface area contributed by atoms with Gasteiger partial charge in [-0.15, -0.1) is 0 Å². The van der Waals surface area contributed by atoms with E-state index in [1.165, 1.54) is 0 Å². The van der Waals surface area contributed by atoms with Gasteiger partial charge < -0.3 is 9.84 Å². The fraction of sp³-hybridized carbons (Fsp3) is 0.211. The first-order chi connectivity index (χ1) is 11.2. The van der Waals surface area contributed by atoms with Gasteiger partial charge in [0.05, 0.1) is 12.8 Å². The molecular weight excluding hydrogens is 288 g/mol. The zero-order valence-electron chi connectivity index (χ0n) is 13.6. The fourth-order valence-electron chi connectivity index (χ4n) is 2.68.